The molecule has 6 heteroatoms. The zero-order chi connectivity index (χ0) is 10.3. The van der Waals surface area contributed by atoms with Crippen molar-refractivity contribution in [2.24, 2.45) is 0 Å². The van der Waals surface area contributed by atoms with Crippen LogP contribution in [0, 0.1) is 0 Å². The Morgan fingerprint density at radius 2 is 2.27 bits per heavy atom. The normalized spacial score (nSPS) is 11.0. The molecule has 0 unspecified atom stereocenters. The Kier molecular flexibility index (Phi) is 1.93. The van der Waals surface area contributed by atoms with Gasteiger partial charge < -0.3 is 0 Å². The molecule has 3 rings (SSSR count). The highest BCUT2D eigenvalue weighted by Gasteiger charge is 2.10. The van der Waals surface area contributed by atoms with Crippen LogP contribution in [-0.4, -0.2) is 19.0 Å². The second kappa shape index (κ2) is 3.29. The van der Waals surface area contributed by atoms with E-state index < -0.39 is 0 Å². The Hall–Kier alpha value is -1.46. The topological polar surface area (TPSA) is 43.1 Å². The smallest absolute Gasteiger partial charge is 0.234 e. The number of pyridine rings is 1. The molecule has 4 nitrogen and oxygen atoms in total. The lowest BCUT2D eigenvalue weighted by Gasteiger charge is -1.92. The van der Waals surface area contributed by atoms with Gasteiger partial charge in [-0.3, -0.25) is 0 Å². The molecule has 3 aromatic rings. The van der Waals surface area contributed by atoms with Gasteiger partial charge in [0.15, 0.2) is 0 Å². The summed E-state index contributed by atoms with van der Waals surface area (Å²) >= 11 is 6.97. The Bertz CT molecular complexity index is 615. The van der Waals surface area contributed by atoms with Gasteiger partial charge in [0, 0.05) is 6.20 Å². The van der Waals surface area contributed by atoms with Crippen molar-refractivity contribution < 1.29 is 0 Å². The van der Waals surface area contributed by atoms with Crippen LogP contribution in [0.4, 0.5) is 0 Å². The first-order valence-electron chi connectivity index (χ1n) is 4.26. The number of fused-ring (bicyclic) bond motifs is 1. The van der Waals surface area contributed by atoms with Crippen LogP contribution < -0.4 is 0 Å². The third-order valence-electron chi connectivity index (χ3n) is 2.06. The molecule has 0 fully saturated rings. The van der Waals surface area contributed by atoms with Crippen molar-refractivity contribution in [1.82, 2.24) is 19.0 Å². The molecule has 0 bridgehead atoms. The molecule has 0 atom stereocenters. The number of rotatable bonds is 1. The summed E-state index contributed by atoms with van der Waals surface area (Å²) in [6.45, 7) is 0. The summed E-state index contributed by atoms with van der Waals surface area (Å²) < 4.78 is 5.73. The minimum Gasteiger partial charge on any atom is -0.240 e. The number of halogens is 1. The van der Waals surface area contributed by atoms with E-state index in [0.717, 1.165) is 16.1 Å². The minimum absolute atomic E-state index is 0.283. The van der Waals surface area contributed by atoms with Gasteiger partial charge in [-0.25, -0.2) is 9.50 Å². The molecule has 0 radical (unpaired) electrons. The molecule has 0 aliphatic heterocycles. The molecule has 15 heavy (non-hydrogen) atoms. The summed E-state index contributed by atoms with van der Waals surface area (Å²) in [5.41, 5.74) is 1.96. The van der Waals surface area contributed by atoms with Gasteiger partial charge in [-0.1, -0.05) is 6.07 Å². The summed E-state index contributed by atoms with van der Waals surface area (Å²) in [4.78, 5) is 4.12. The monoisotopic (exact) mass is 236 g/mol. The average Bonchev–Trinajstić information content (AvgIpc) is 2.83. The number of nitrogens with zero attached hydrogens (tertiary/aromatic N) is 4. The summed E-state index contributed by atoms with van der Waals surface area (Å²) in [5.74, 6) is 0. The van der Waals surface area contributed by atoms with E-state index in [9.17, 15) is 0 Å². The van der Waals surface area contributed by atoms with Gasteiger partial charge in [0.1, 0.15) is 5.01 Å². The lowest BCUT2D eigenvalue weighted by atomic mass is 10.3. The van der Waals surface area contributed by atoms with Gasteiger partial charge in [0.2, 0.25) is 5.28 Å². The van der Waals surface area contributed by atoms with E-state index >= 15 is 0 Å². The lowest BCUT2D eigenvalue weighted by molar-refractivity contribution is 0.961. The molecule has 74 valence electrons. The lowest BCUT2D eigenvalue weighted by Crippen LogP contribution is -1.83. The van der Waals surface area contributed by atoms with Crippen LogP contribution in [0.25, 0.3) is 16.1 Å². The van der Waals surface area contributed by atoms with E-state index in [2.05, 4.69) is 14.5 Å². The minimum atomic E-state index is 0.283. The summed E-state index contributed by atoms with van der Waals surface area (Å²) in [6.07, 6.45) is 3.66. The quantitative estimate of drug-likeness (QED) is 0.652. The molecule has 0 amide bonds. The average molecular weight is 237 g/mol. The molecule has 0 saturated carbocycles. The van der Waals surface area contributed by atoms with E-state index in [-0.39, 0.29) is 5.28 Å². The predicted octanol–water partition coefficient (Wildman–Crippen LogP) is 2.51. The first kappa shape index (κ1) is 8.82. The highest BCUT2D eigenvalue weighted by molar-refractivity contribution is 7.09. The third kappa shape index (κ3) is 1.40. The first-order chi connectivity index (χ1) is 7.34. The van der Waals surface area contributed by atoms with E-state index in [1.54, 1.807) is 10.7 Å². The first-order valence-corrected chi connectivity index (χ1v) is 5.42. The highest BCUT2D eigenvalue weighted by atomic mass is 35.5. The zero-order valence-electron chi connectivity index (χ0n) is 7.46. The fourth-order valence-corrected chi connectivity index (χ4v) is 2.24. The molecule has 0 aromatic carbocycles. The molecule has 0 aliphatic rings. The van der Waals surface area contributed by atoms with E-state index in [1.807, 2.05) is 24.4 Å². The van der Waals surface area contributed by atoms with Gasteiger partial charge >= 0.3 is 0 Å². The van der Waals surface area contributed by atoms with Gasteiger partial charge in [-0.05, 0) is 35.3 Å². The molecule has 0 saturated heterocycles. The van der Waals surface area contributed by atoms with Crippen molar-refractivity contribution >= 4 is 28.7 Å². The van der Waals surface area contributed by atoms with Gasteiger partial charge in [-0.15, -0.1) is 0 Å². The SMILES string of the molecule is Clc1nsc(-c2cnn3ccccc23)n1. The van der Waals surface area contributed by atoms with Crippen LogP contribution in [0.1, 0.15) is 0 Å². The fraction of sp³-hybridized carbons (Fsp3) is 0. The maximum absolute atomic E-state index is 5.69. The molecule has 3 heterocycles. The van der Waals surface area contributed by atoms with Gasteiger partial charge in [0.05, 0.1) is 17.3 Å². The van der Waals surface area contributed by atoms with Gasteiger partial charge in [-0.2, -0.15) is 9.47 Å². The maximum Gasteiger partial charge on any atom is 0.234 e. The summed E-state index contributed by atoms with van der Waals surface area (Å²) in [7, 11) is 0. The van der Waals surface area contributed by atoms with Crippen molar-refractivity contribution in [1.29, 1.82) is 0 Å². The molecular weight excluding hydrogens is 232 g/mol. The number of hydrogen-bond acceptors (Lipinski definition) is 4. The van der Waals surface area contributed by atoms with Crippen LogP contribution in [0.3, 0.4) is 0 Å². The summed E-state index contributed by atoms with van der Waals surface area (Å²) in [6, 6.07) is 5.87. The van der Waals surface area contributed by atoms with Crippen LogP contribution in [0.15, 0.2) is 30.6 Å². The Morgan fingerprint density at radius 1 is 1.33 bits per heavy atom. The van der Waals surface area contributed by atoms with Crippen molar-refractivity contribution in [2.75, 3.05) is 0 Å². The van der Waals surface area contributed by atoms with E-state index in [1.165, 1.54) is 11.5 Å². The van der Waals surface area contributed by atoms with Crippen LogP contribution >= 0.6 is 23.1 Å². The molecular formula is C9H5ClN4S. The van der Waals surface area contributed by atoms with Crippen LogP contribution in [-0.2, 0) is 0 Å². The standard InChI is InChI=1S/C9H5ClN4S/c10-9-12-8(15-13-9)6-5-11-14-4-2-1-3-7(6)14/h1-5H. The van der Waals surface area contributed by atoms with E-state index in [0.29, 0.717) is 0 Å². The van der Waals surface area contributed by atoms with Gasteiger partial charge in [0.25, 0.3) is 0 Å². The second-order valence-electron chi connectivity index (χ2n) is 2.96. The number of aromatic nitrogens is 4. The molecule has 0 N–H and O–H groups in total. The van der Waals surface area contributed by atoms with Crippen molar-refractivity contribution in [3.05, 3.63) is 35.9 Å². The Morgan fingerprint density at radius 3 is 3.07 bits per heavy atom. The Labute approximate surface area is 94.3 Å². The van der Waals surface area contributed by atoms with Crippen LogP contribution in [0.5, 0.6) is 0 Å². The summed E-state index contributed by atoms with van der Waals surface area (Å²) in [5, 5.41) is 5.29. The van der Waals surface area contributed by atoms with E-state index in [4.69, 9.17) is 11.6 Å². The molecule has 0 spiro atoms. The molecule has 0 aliphatic carbocycles. The highest BCUT2D eigenvalue weighted by Crippen LogP contribution is 2.26. The zero-order valence-corrected chi connectivity index (χ0v) is 9.03. The maximum atomic E-state index is 5.69. The van der Waals surface area contributed by atoms with Crippen LogP contribution in [0.2, 0.25) is 5.28 Å². The largest absolute Gasteiger partial charge is 0.240 e. The third-order valence-corrected chi connectivity index (χ3v) is 3.08. The predicted molar refractivity (Wildman–Crippen MR) is 59.1 cm³/mol. The van der Waals surface area contributed by atoms with Crippen molar-refractivity contribution in [3.8, 4) is 10.6 Å². The Balaban J connectivity index is 2.27. The second-order valence-corrected chi connectivity index (χ2v) is 4.05. The number of hydrogen-bond donors (Lipinski definition) is 0. The van der Waals surface area contributed by atoms with Crippen molar-refractivity contribution in [2.45, 2.75) is 0 Å². The fourth-order valence-electron chi connectivity index (χ4n) is 1.41. The molecule has 3 aromatic heterocycles. The van der Waals surface area contributed by atoms with Crippen molar-refractivity contribution in [3.63, 3.8) is 0 Å².